The number of rotatable bonds is 11. The first kappa shape index (κ1) is 22.5. The Morgan fingerprint density at radius 2 is 1.89 bits per heavy atom. The Morgan fingerprint density at radius 1 is 1.14 bits per heavy atom. The maximum absolute atomic E-state index is 9.58. The molecule has 0 amide bonds. The van der Waals surface area contributed by atoms with Crippen LogP contribution in [0.15, 0.2) is 35.3 Å². The van der Waals surface area contributed by atoms with E-state index in [2.05, 4.69) is 64.6 Å². The molecule has 0 aliphatic carbocycles. The van der Waals surface area contributed by atoms with Crippen molar-refractivity contribution in [3.63, 3.8) is 0 Å². The molecule has 1 fully saturated rings. The normalized spacial score (nSPS) is 16.2. The molecule has 2 rings (SSSR count). The van der Waals surface area contributed by atoms with Crippen LogP contribution in [-0.2, 0) is 0 Å². The van der Waals surface area contributed by atoms with Gasteiger partial charge in [0.05, 0.1) is 6.10 Å². The van der Waals surface area contributed by atoms with Gasteiger partial charge in [-0.3, -0.25) is 4.99 Å². The fourth-order valence-corrected chi connectivity index (χ4v) is 3.56. The standard InChI is InChI=1S/C22H39N5O/c1-3-23-22(24-14-8-16-26-18-12-21(28)13-19-26)25-15-9-17-27(4-2)20-10-6-5-7-11-20/h5-7,10-11,21,28H,3-4,8-9,12-19H2,1-2H3,(H2,23,24,25). The summed E-state index contributed by atoms with van der Waals surface area (Å²) in [4.78, 5) is 9.57. The lowest BCUT2D eigenvalue weighted by atomic mass is 10.1. The SMILES string of the molecule is CCNC(=NCCCN(CC)c1ccccc1)NCCCN1CCC(O)CC1. The molecule has 28 heavy (non-hydrogen) atoms. The van der Waals surface area contributed by atoms with E-state index in [1.807, 2.05) is 0 Å². The van der Waals surface area contributed by atoms with Gasteiger partial charge in [0, 0.05) is 51.5 Å². The summed E-state index contributed by atoms with van der Waals surface area (Å²) in [6.07, 6.45) is 3.87. The lowest BCUT2D eigenvalue weighted by Crippen LogP contribution is -2.40. The third kappa shape index (κ3) is 8.48. The highest BCUT2D eigenvalue weighted by Crippen LogP contribution is 2.13. The van der Waals surface area contributed by atoms with Crippen molar-refractivity contribution in [2.75, 3.05) is 57.3 Å². The van der Waals surface area contributed by atoms with Crippen LogP contribution in [0.1, 0.15) is 39.5 Å². The van der Waals surface area contributed by atoms with Crippen LogP contribution in [0.25, 0.3) is 0 Å². The molecule has 0 atom stereocenters. The third-order valence-electron chi connectivity index (χ3n) is 5.20. The van der Waals surface area contributed by atoms with Gasteiger partial charge >= 0.3 is 0 Å². The van der Waals surface area contributed by atoms with E-state index in [4.69, 9.17) is 4.99 Å². The zero-order valence-electron chi connectivity index (χ0n) is 17.7. The summed E-state index contributed by atoms with van der Waals surface area (Å²) in [5.41, 5.74) is 1.28. The molecule has 0 bridgehead atoms. The van der Waals surface area contributed by atoms with Crippen molar-refractivity contribution < 1.29 is 5.11 Å². The third-order valence-corrected chi connectivity index (χ3v) is 5.20. The van der Waals surface area contributed by atoms with Crippen LogP contribution in [-0.4, -0.2) is 74.4 Å². The zero-order chi connectivity index (χ0) is 20.0. The van der Waals surface area contributed by atoms with Crippen molar-refractivity contribution in [2.45, 2.75) is 45.6 Å². The molecule has 3 N–H and O–H groups in total. The van der Waals surface area contributed by atoms with Crippen molar-refractivity contribution in [1.82, 2.24) is 15.5 Å². The number of hydrogen-bond acceptors (Lipinski definition) is 4. The first-order valence-electron chi connectivity index (χ1n) is 11.0. The number of guanidine groups is 1. The molecule has 0 spiro atoms. The smallest absolute Gasteiger partial charge is 0.191 e. The molecule has 6 heteroatoms. The first-order chi connectivity index (χ1) is 13.7. The summed E-state index contributed by atoms with van der Waals surface area (Å²) >= 11 is 0. The highest BCUT2D eigenvalue weighted by Gasteiger charge is 2.16. The fraction of sp³-hybridized carbons (Fsp3) is 0.682. The summed E-state index contributed by atoms with van der Waals surface area (Å²) in [5, 5.41) is 16.4. The second kappa shape index (κ2) is 13.4. The van der Waals surface area contributed by atoms with E-state index < -0.39 is 0 Å². The maximum atomic E-state index is 9.58. The number of anilines is 1. The van der Waals surface area contributed by atoms with E-state index in [9.17, 15) is 5.11 Å². The van der Waals surface area contributed by atoms with Gasteiger partial charge in [-0.15, -0.1) is 0 Å². The van der Waals surface area contributed by atoms with Gasteiger partial charge in [-0.25, -0.2) is 0 Å². The molecule has 6 nitrogen and oxygen atoms in total. The number of nitrogens with one attached hydrogen (secondary N) is 2. The number of aliphatic hydroxyl groups excluding tert-OH is 1. The van der Waals surface area contributed by atoms with Crippen molar-refractivity contribution >= 4 is 11.6 Å². The Bertz CT molecular complexity index is 543. The highest BCUT2D eigenvalue weighted by molar-refractivity contribution is 5.79. The molecule has 1 aliphatic heterocycles. The van der Waals surface area contributed by atoms with E-state index in [1.165, 1.54) is 5.69 Å². The predicted octanol–water partition coefficient (Wildman–Crippen LogP) is 2.30. The van der Waals surface area contributed by atoms with Gasteiger partial charge in [-0.05, 0) is 58.2 Å². The number of piperidine rings is 1. The van der Waals surface area contributed by atoms with Crippen LogP contribution < -0.4 is 15.5 Å². The molecule has 1 heterocycles. The second-order valence-electron chi connectivity index (χ2n) is 7.38. The molecule has 0 aromatic heterocycles. The molecular formula is C22H39N5O. The number of aliphatic imine (C=N–C) groups is 1. The monoisotopic (exact) mass is 389 g/mol. The van der Waals surface area contributed by atoms with Crippen LogP contribution in [0.5, 0.6) is 0 Å². The van der Waals surface area contributed by atoms with Crippen LogP contribution in [0.3, 0.4) is 0 Å². The summed E-state index contributed by atoms with van der Waals surface area (Å²) in [5.74, 6) is 0.916. The van der Waals surface area contributed by atoms with Gasteiger partial charge in [0.1, 0.15) is 0 Å². The lowest BCUT2D eigenvalue weighted by Gasteiger charge is -2.29. The Kier molecular flexibility index (Phi) is 10.8. The Balaban J connectivity index is 1.65. The number of benzene rings is 1. The van der Waals surface area contributed by atoms with Gasteiger partial charge in [0.2, 0.25) is 0 Å². The number of likely N-dealkylation sites (tertiary alicyclic amines) is 1. The molecule has 1 aromatic rings. The van der Waals surface area contributed by atoms with E-state index in [1.54, 1.807) is 0 Å². The van der Waals surface area contributed by atoms with E-state index >= 15 is 0 Å². The summed E-state index contributed by atoms with van der Waals surface area (Å²) in [7, 11) is 0. The second-order valence-corrected chi connectivity index (χ2v) is 7.38. The molecule has 1 saturated heterocycles. The van der Waals surface area contributed by atoms with Gasteiger partial charge in [-0.2, -0.15) is 0 Å². The summed E-state index contributed by atoms with van der Waals surface area (Å²) in [6, 6.07) is 10.6. The van der Waals surface area contributed by atoms with Gasteiger partial charge in [0.25, 0.3) is 0 Å². The minimum atomic E-state index is -0.0904. The quantitative estimate of drug-likeness (QED) is 0.308. The molecule has 1 aliphatic rings. The van der Waals surface area contributed by atoms with E-state index in [0.717, 1.165) is 84.0 Å². The van der Waals surface area contributed by atoms with Gasteiger partial charge in [0.15, 0.2) is 5.96 Å². The number of aliphatic hydroxyl groups is 1. The van der Waals surface area contributed by atoms with Crippen molar-refractivity contribution in [3.8, 4) is 0 Å². The van der Waals surface area contributed by atoms with Crippen LogP contribution >= 0.6 is 0 Å². The molecule has 0 radical (unpaired) electrons. The molecule has 1 aromatic carbocycles. The van der Waals surface area contributed by atoms with Crippen molar-refractivity contribution in [2.24, 2.45) is 4.99 Å². The topological polar surface area (TPSA) is 63.1 Å². The van der Waals surface area contributed by atoms with Gasteiger partial charge < -0.3 is 25.5 Å². The number of para-hydroxylation sites is 1. The molecular weight excluding hydrogens is 350 g/mol. The number of hydrogen-bond donors (Lipinski definition) is 3. The minimum Gasteiger partial charge on any atom is -0.393 e. The molecule has 158 valence electrons. The number of nitrogens with zero attached hydrogens (tertiary/aromatic N) is 3. The lowest BCUT2D eigenvalue weighted by molar-refractivity contribution is 0.0823. The van der Waals surface area contributed by atoms with Crippen molar-refractivity contribution in [1.29, 1.82) is 0 Å². The Hall–Kier alpha value is -1.79. The highest BCUT2D eigenvalue weighted by atomic mass is 16.3. The van der Waals surface area contributed by atoms with Gasteiger partial charge in [-0.1, -0.05) is 18.2 Å². The maximum Gasteiger partial charge on any atom is 0.191 e. The largest absolute Gasteiger partial charge is 0.393 e. The molecule has 0 unspecified atom stereocenters. The van der Waals surface area contributed by atoms with Crippen LogP contribution in [0, 0.1) is 0 Å². The average Bonchev–Trinajstić information content (AvgIpc) is 2.73. The van der Waals surface area contributed by atoms with Crippen LogP contribution in [0.2, 0.25) is 0 Å². The predicted molar refractivity (Wildman–Crippen MR) is 119 cm³/mol. The minimum absolute atomic E-state index is 0.0904. The van der Waals surface area contributed by atoms with E-state index in [-0.39, 0.29) is 6.10 Å². The Labute approximate surface area is 171 Å². The first-order valence-corrected chi connectivity index (χ1v) is 11.0. The van der Waals surface area contributed by atoms with Crippen molar-refractivity contribution in [3.05, 3.63) is 30.3 Å². The van der Waals surface area contributed by atoms with E-state index in [0.29, 0.717) is 0 Å². The molecule has 0 saturated carbocycles. The average molecular weight is 390 g/mol. The zero-order valence-corrected chi connectivity index (χ0v) is 17.7. The van der Waals surface area contributed by atoms with Crippen LogP contribution in [0.4, 0.5) is 5.69 Å². The summed E-state index contributed by atoms with van der Waals surface area (Å²) in [6.45, 7) is 12.1. The Morgan fingerprint density at radius 3 is 2.57 bits per heavy atom. The summed E-state index contributed by atoms with van der Waals surface area (Å²) < 4.78 is 0. The fourth-order valence-electron chi connectivity index (χ4n) is 3.56.